The molecule has 1 aliphatic rings. The molecule has 0 aliphatic carbocycles. The van der Waals surface area contributed by atoms with Crippen LogP contribution in [-0.4, -0.2) is 57.3 Å². The summed E-state index contributed by atoms with van der Waals surface area (Å²) in [6.45, 7) is 1.98. The van der Waals surface area contributed by atoms with E-state index in [0.717, 1.165) is 23.1 Å². The number of amidine groups is 2. The number of nitrogens with zero attached hydrogens (tertiary/aromatic N) is 5. The number of hydrogen-bond acceptors (Lipinski definition) is 8. The minimum Gasteiger partial charge on any atom is -0.423 e. The molecule has 0 radical (unpaired) electrons. The Morgan fingerprint density at radius 3 is 2.75 bits per heavy atom. The highest BCUT2D eigenvalue weighted by molar-refractivity contribution is 7.18. The van der Waals surface area contributed by atoms with Gasteiger partial charge in [0.1, 0.15) is 22.2 Å². The Morgan fingerprint density at radius 2 is 2.09 bits per heavy atom. The standard InChI is InChI=1S/C20H20F3N7OS/c1-2-4-13-9-14-16(29-7-8-30(15(24)11-29)18(25)20(21,22)23)27-19(28-17(14)32-13)31-12-5-3-6-26-10-12/h3,5-6,9-10,24-25H,2,4,7-8,11H2,1H3. The zero-order valence-electron chi connectivity index (χ0n) is 17.1. The maximum absolute atomic E-state index is 13.0. The number of fused-ring (bicyclic) bond motifs is 1. The predicted octanol–water partition coefficient (Wildman–Crippen LogP) is 4.47. The van der Waals surface area contributed by atoms with Gasteiger partial charge in [0.2, 0.25) is 5.84 Å². The lowest BCUT2D eigenvalue weighted by atomic mass is 10.2. The fourth-order valence-corrected chi connectivity index (χ4v) is 4.50. The molecule has 3 aromatic heterocycles. The van der Waals surface area contributed by atoms with Crippen molar-refractivity contribution in [2.45, 2.75) is 25.9 Å². The summed E-state index contributed by atoms with van der Waals surface area (Å²) >= 11 is 1.51. The van der Waals surface area contributed by atoms with Crippen molar-refractivity contribution in [2.24, 2.45) is 0 Å². The Morgan fingerprint density at radius 1 is 1.28 bits per heavy atom. The lowest BCUT2D eigenvalue weighted by Crippen LogP contribution is -2.55. The molecule has 168 valence electrons. The van der Waals surface area contributed by atoms with Crippen LogP contribution in [0.5, 0.6) is 11.8 Å². The maximum Gasteiger partial charge on any atom is 0.449 e. The molecule has 4 heterocycles. The SMILES string of the molecule is CCCc1cc2c(N3CCN(C(=N)C(F)(F)F)C(=N)C3)nc(Oc3cccnc3)nc2s1. The highest BCUT2D eigenvalue weighted by Crippen LogP contribution is 2.35. The number of alkyl halides is 3. The molecule has 32 heavy (non-hydrogen) atoms. The number of hydrogen-bond donors (Lipinski definition) is 2. The number of rotatable bonds is 5. The first-order valence-corrected chi connectivity index (χ1v) is 10.7. The van der Waals surface area contributed by atoms with Crippen LogP contribution < -0.4 is 9.64 Å². The largest absolute Gasteiger partial charge is 0.449 e. The molecule has 4 rings (SSSR count). The molecule has 12 heteroatoms. The lowest BCUT2D eigenvalue weighted by molar-refractivity contribution is -0.0671. The topological polar surface area (TPSA) is 102 Å². The van der Waals surface area contributed by atoms with E-state index < -0.39 is 12.0 Å². The summed E-state index contributed by atoms with van der Waals surface area (Å²) in [5, 5.41) is 16.2. The van der Waals surface area contributed by atoms with E-state index in [2.05, 4.69) is 21.9 Å². The maximum atomic E-state index is 13.0. The number of thiophene rings is 1. The third kappa shape index (κ3) is 4.49. The minimum absolute atomic E-state index is 0.0994. The van der Waals surface area contributed by atoms with Crippen LogP contribution in [0.15, 0.2) is 30.6 Å². The third-order valence-corrected chi connectivity index (χ3v) is 5.93. The number of piperazine rings is 1. The van der Waals surface area contributed by atoms with Crippen LogP contribution in [0.25, 0.3) is 10.2 Å². The average Bonchev–Trinajstić information content (AvgIpc) is 3.15. The van der Waals surface area contributed by atoms with Crippen molar-refractivity contribution in [3.63, 3.8) is 0 Å². The zero-order valence-corrected chi connectivity index (χ0v) is 17.9. The number of halogens is 3. The van der Waals surface area contributed by atoms with Gasteiger partial charge in [-0.1, -0.05) is 13.3 Å². The van der Waals surface area contributed by atoms with Gasteiger partial charge in [-0.15, -0.1) is 11.3 Å². The fraction of sp³-hybridized carbons (Fsp3) is 0.350. The number of anilines is 1. The number of pyridine rings is 1. The van der Waals surface area contributed by atoms with Gasteiger partial charge in [0.05, 0.1) is 18.1 Å². The molecular formula is C20H20F3N7OS. The summed E-state index contributed by atoms with van der Waals surface area (Å²) in [5.41, 5.74) is 0. The number of nitrogens with one attached hydrogen (secondary N) is 2. The molecule has 0 unspecified atom stereocenters. The molecule has 0 atom stereocenters. The average molecular weight is 463 g/mol. The minimum atomic E-state index is -4.80. The Balaban J connectivity index is 1.67. The van der Waals surface area contributed by atoms with Crippen LogP contribution in [0.4, 0.5) is 19.0 Å². The molecule has 1 fully saturated rings. The summed E-state index contributed by atoms with van der Waals surface area (Å²) in [6.07, 6.45) is 0.163. The Labute approximate surface area is 185 Å². The summed E-state index contributed by atoms with van der Waals surface area (Å²) in [4.78, 5) is 17.3. The van der Waals surface area contributed by atoms with Gasteiger partial charge < -0.3 is 14.5 Å². The van der Waals surface area contributed by atoms with E-state index in [1.165, 1.54) is 17.5 Å². The van der Waals surface area contributed by atoms with Crippen LogP contribution in [0.3, 0.4) is 0 Å². The van der Waals surface area contributed by atoms with Gasteiger partial charge in [0.15, 0.2) is 0 Å². The summed E-state index contributed by atoms with van der Waals surface area (Å²) in [7, 11) is 0. The van der Waals surface area contributed by atoms with Crippen molar-refractivity contribution in [3.05, 3.63) is 35.5 Å². The quantitative estimate of drug-likeness (QED) is 0.428. The van der Waals surface area contributed by atoms with Crippen molar-refractivity contribution in [1.29, 1.82) is 10.8 Å². The second-order valence-corrected chi connectivity index (χ2v) is 8.28. The normalized spacial score (nSPS) is 14.8. The molecule has 3 aromatic rings. The van der Waals surface area contributed by atoms with Gasteiger partial charge in [0.25, 0.3) is 0 Å². The van der Waals surface area contributed by atoms with E-state index in [1.807, 2.05) is 6.07 Å². The van der Waals surface area contributed by atoms with Crippen molar-refractivity contribution in [3.8, 4) is 11.8 Å². The molecule has 1 saturated heterocycles. The van der Waals surface area contributed by atoms with Crippen LogP contribution in [0.2, 0.25) is 0 Å². The molecule has 2 N–H and O–H groups in total. The van der Waals surface area contributed by atoms with Gasteiger partial charge in [-0.05, 0) is 24.6 Å². The van der Waals surface area contributed by atoms with Crippen molar-refractivity contribution >= 4 is 39.0 Å². The van der Waals surface area contributed by atoms with E-state index in [1.54, 1.807) is 23.2 Å². The van der Waals surface area contributed by atoms with Crippen molar-refractivity contribution < 1.29 is 17.9 Å². The van der Waals surface area contributed by atoms with E-state index in [0.29, 0.717) is 21.3 Å². The van der Waals surface area contributed by atoms with Gasteiger partial charge in [-0.25, -0.2) is 0 Å². The molecule has 1 aliphatic heterocycles. The zero-order chi connectivity index (χ0) is 22.9. The number of aromatic nitrogens is 3. The first-order valence-electron chi connectivity index (χ1n) is 9.90. The monoisotopic (exact) mass is 463 g/mol. The molecule has 0 amide bonds. The molecule has 0 saturated carbocycles. The van der Waals surface area contributed by atoms with Gasteiger partial charge in [-0.3, -0.25) is 15.8 Å². The molecule has 8 nitrogen and oxygen atoms in total. The third-order valence-electron chi connectivity index (χ3n) is 4.84. The van der Waals surface area contributed by atoms with Crippen LogP contribution in [-0.2, 0) is 6.42 Å². The number of ether oxygens (including phenoxy) is 1. The van der Waals surface area contributed by atoms with Crippen LogP contribution in [0, 0.1) is 10.8 Å². The van der Waals surface area contributed by atoms with Gasteiger partial charge in [-0.2, -0.15) is 23.1 Å². The Kier molecular flexibility index (Phi) is 5.96. The van der Waals surface area contributed by atoms with Gasteiger partial charge in [0, 0.05) is 24.2 Å². The second-order valence-electron chi connectivity index (χ2n) is 7.17. The van der Waals surface area contributed by atoms with E-state index >= 15 is 0 Å². The Bertz CT molecular complexity index is 1150. The number of aryl methyl sites for hydroxylation is 1. The van der Waals surface area contributed by atoms with E-state index in [4.69, 9.17) is 15.6 Å². The molecule has 0 spiro atoms. The first-order chi connectivity index (χ1) is 15.3. The van der Waals surface area contributed by atoms with E-state index in [-0.39, 0.29) is 31.5 Å². The van der Waals surface area contributed by atoms with Gasteiger partial charge >= 0.3 is 12.2 Å². The second kappa shape index (κ2) is 8.69. The van der Waals surface area contributed by atoms with Crippen LogP contribution >= 0.6 is 11.3 Å². The van der Waals surface area contributed by atoms with Crippen molar-refractivity contribution in [2.75, 3.05) is 24.5 Å². The summed E-state index contributed by atoms with van der Waals surface area (Å²) in [6, 6.07) is 5.52. The van der Waals surface area contributed by atoms with E-state index in [9.17, 15) is 13.2 Å². The predicted molar refractivity (Wildman–Crippen MR) is 116 cm³/mol. The highest BCUT2D eigenvalue weighted by Gasteiger charge is 2.41. The molecular weight excluding hydrogens is 443 g/mol. The smallest absolute Gasteiger partial charge is 0.423 e. The lowest BCUT2D eigenvalue weighted by Gasteiger charge is -2.37. The van der Waals surface area contributed by atoms with Crippen LogP contribution in [0.1, 0.15) is 18.2 Å². The molecule has 0 aromatic carbocycles. The van der Waals surface area contributed by atoms with Crippen molar-refractivity contribution in [1.82, 2.24) is 19.9 Å². The molecule has 0 bridgehead atoms. The Hall–Kier alpha value is -3.28. The summed E-state index contributed by atoms with van der Waals surface area (Å²) in [5.74, 6) is -0.893. The highest BCUT2D eigenvalue weighted by atomic mass is 32.1. The first kappa shape index (κ1) is 21.9. The fourth-order valence-electron chi connectivity index (χ4n) is 3.39. The summed E-state index contributed by atoms with van der Waals surface area (Å²) < 4.78 is 44.6.